The SMILES string of the molecule is O=C(Nc1nc(-c2ccco2)cs1)c1cc(Cl)nc2ccccc12. The highest BCUT2D eigenvalue weighted by Crippen LogP contribution is 2.27. The van der Waals surface area contributed by atoms with Gasteiger partial charge in [0.05, 0.1) is 17.3 Å². The summed E-state index contributed by atoms with van der Waals surface area (Å²) in [6.45, 7) is 0. The Kier molecular flexibility index (Phi) is 3.76. The smallest absolute Gasteiger partial charge is 0.258 e. The minimum atomic E-state index is -0.282. The van der Waals surface area contributed by atoms with E-state index in [9.17, 15) is 4.79 Å². The Labute approximate surface area is 145 Å². The van der Waals surface area contributed by atoms with Crippen LogP contribution in [-0.4, -0.2) is 15.9 Å². The van der Waals surface area contributed by atoms with E-state index in [2.05, 4.69) is 15.3 Å². The van der Waals surface area contributed by atoms with E-state index in [1.807, 2.05) is 35.7 Å². The zero-order valence-electron chi connectivity index (χ0n) is 12.2. The largest absolute Gasteiger partial charge is 0.463 e. The first-order valence-electron chi connectivity index (χ1n) is 7.07. The normalized spacial score (nSPS) is 10.9. The highest BCUT2D eigenvalue weighted by atomic mass is 35.5. The van der Waals surface area contributed by atoms with Crippen LogP contribution in [0.25, 0.3) is 22.4 Å². The molecule has 0 fully saturated rings. The predicted octanol–water partition coefficient (Wildman–Crippen LogP) is 4.86. The Morgan fingerprint density at radius 2 is 2.04 bits per heavy atom. The summed E-state index contributed by atoms with van der Waals surface area (Å²) in [6.07, 6.45) is 1.58. The molecule has 0 aliphatic rings. The van der Waals surface area contributed by atoms with Gasteiger partial charge in [0.15, 0.2) is 10.9 Å². The number of hydrogen-bond donors (Lipinski definition) is 1. The van der Waals surface area contributed by atoms with Crippen molar-refractivity contribution in [1.82, 2.24) is 9.97 Å². The predicted molar refractivity (Wildman–Crippen MR) is 94.5 cm³/mol. The third-order valence-corrected chi connectivity index (χ3v) is 4.38. The van der Waals surface area contributed by atoms with Crippen LogP contribution in [0.2, 0.25) is 5.15 Å². The highest BCUT2D eigenvalue weighted by molar-refractivity contribution is 7.14. The minimum absolute atomic E-state index is 0.272. The standard InChI is InChI=1S/C17H10ClN3O2S/c18-15-8-11(10-4-1-2-5-12(10)19-15)16(22)21-17-20-13(9-24-17)14-6-3-7-23-14/h1-9H,(H,20,21,22). The van der Waals surface area contributed by atoms with E-state index in [4.69, 9.17) is 16.0 Å². The number of halogens is 1. The van der Waals surface area contributed by atoms with Crippen molar-refractivity contribution < 1.29 is 9.21 Å². The number of amides is 1. The Hall–Kier alpha value is -2.70. The van der Waals surface area contributed by atoms with Crippen LogP contribution in [0.4, 0.5) is 5.13 Å². The van der Waals surface area contributed by atoms with Crippen molar-refractivity contribution >= 4 is 44.9 Å². The molecule has 4 rings (SSSR count). The van der Waals surface area contributed by atoms with E-state index in [-0.39, 0.29) is 11.1 Å². The fourth-order valence-corrected chi connectivity index (χ4v) is 3.26. The summed E-state index contributed by atoms with van der Waals surface area (Å²) < 4.78 is 5.30. The number of rotatable bonds is 3. The fraction of sp³-hybridized carbons (Fsp3) is 0. The molecular weight excluding hydrogens is 346 g/mol. The lowest BCUT2D eigenvalue weighted by Gasteiger charge is -2.06. The Morgan fingerprint density at radius 1 is 1.17 bits per heavy atom. The van der Waals surface area contributed by atoms with E-state index in [0.29, 0.717) is 27.7 Å². The average Bonchev–Trinajstić information content (AvgIpc) is 3.25. The molecule has 7 heteroatoms. The van der Waals surface area contributed by atoms with Gasteiger partial charge in [-0.2, -0.15) is 0 Å². The summed E-state index contributed by atoms with van der Waals surface area (Å²) in [6, 6.07) is 12.5. The number of benzene rings is 1. The van der Waals surface area contributed by atoms with Gasteiger partial charge in [-0.3, -0.25) is 10.1 Å². The second-order valence-electron chi connectivity index (χ2n) is 4.98. The summed E-state index contributed by atoms with van der Waals surface area (Å²) in [7, 11) is 0. The third-order valence-electron chi connectivity index (χ3n) is 3.43. The molecular formula is C17H10ClN3O2S. The van der Waals surface area contributed by atoms with Gasteiger partial charge in [-0.05, 0) is 24.3 Å². The fourth-order valence-electron chi connectivity index (χ4n) is 2.36. The molecule has 3 aromatic heterocycles. The quantitative estimate of drug-likeness (QED) is 0.533. The number of furan rings is 1. The van der Waals surface area contributed by atoms with Gasteiger partial charge in [0.25, 0.3) is 5.91 Å². The van der Waals surface area contributed by atoms with Crippen molar-refractivity contribution in [2.24, 2.45) is 0 Å². The lowest BCUT2D eigenvalue weighted by atomic mass is 10.1. The lowest BCUT2D eigenvalue weighted by molar-refractivity contribution is 0.102. The van der Waals surface area contributed by atoms with Crippen molar-refractivity contribution in [2.75, 3.05) is 5.32 Å². The summed E-state index contributed by atoms with van der Waals surface area (Å²) in [5, 5.41) is 6.13. The van der Waals surface area contributed by atoms with Crippen LogP contribution in [-0.2, 0) is 0 Å². The maximum absolute atomic E-state index is 12.6. The summed E-state index contributed by atoms with van der Waals surface area (Å²) in [5.41, 5.74) is 1.81. The summed E-state index contributed by atoms with van der Waals surface area (Å²) in [5.74, 6) is 0.375. The van der Waals surface area contributed by atoms with Crippen LogP contribution >= 0.6 is 22.9 Å². The van der Waals surface area contributed by atoms with Gasteiger partial charge in [-0.15, -0.1) is 11.3 Å². The lowest BCUT2D eigenvalue weighted by Crippen LogP contribution is -2.12. The molecule has 0 saturated heterocycles. The average molecular weight is 356 g/mol. The first-order chi connectivity index (χ1) is 11.7. The number of nitrogens with zero attached hydrogens (tertiary/aromatic N) is 2. The number of anilines is 1. The second-order valence-corrected chi connectivity index (χ2v) is 6.22. The number of aromatic nitrogens is 2. The third kappa shape index (κ3) is 2.77. The number of fused-ring (bicyclic) bond motifs is 1. The molecule has 118 valence electrons. The molecule has 0 radical (unpaired) electrons. The maximum atomic E-state index is 12.6. The summed E-state index contributed by atoms with van der Waals surface area (Å²) >= 11 is 7.35. The van der Waals surface area contributed by atoms with E-state index in [1.165, 1.54) is 11.3 Å². The van der Waals surface area contributed by atoms with Gasteiger partial charge in [-0.25, -0.2) is 9.97 Å². The van der Waals surface area contributed by atoms with Crippen molar-refractivity contribution in [3.8, 4) is 11.5 Å². The minimum Gasteiger partial charge on any atom is -0.463 e. The van der Waals surface area contributed by atoms with E-state index in [0.717, 1.165) is 5.39 Å². The summed E-state index contributed by atoms with van der Waals surface area (Å²) in [4.78, 5) is 21.2. The van der Waals surface area contributed by atoms with Crippen molar-refractivity contribution in [3.63, 3.8) is 0 Å². The van der Waals surface area contributed by atoms with Crippen LogP contribution < -0.4 is 5.32 Å². The molecule has 0 aliphatic carbocycles. The van der Waals surface area contributed by atoms with Gasteiger partial charge < -0.3 is 4.42 Å². The molecule has 3 heterocycles. The van der Waals surface area contributed by atoms with Crippen LogP contribution in [0.5, 0.6) is 0 Å². The van der Waals surface area contributed by atoms with Crippen molar-refractivity contribution in [2.45, 2.75) is 0 Å². The second kappa shape index (κ2) is 6.07. The van der Waals surface area contributed by atoms with Crippen LogP contribution in [0.3, 0.4) is 0 Å². The Balaban J connectivity index is 1.65. The van der Waals surface area contributed by atoms with Crippen molar-refractivity contribution in [1.29, 1.82) is 0 Å². The van der Waals surface area contributed by atoms with Gasteiger partial charge in [0, 0.05) is 10.8 Å². The first kappa shape index (κ1) is 14.9. The number of thiazole rings is 1. The van der Waals surface area contributed by atoms with E-state index >= 15 is 0 Å². The van der Waals surface area contributed by atoms with Crippen molar-refractivity contribution in [3.05, 3.63) is 64.8 Å². The number of pyridine rings is 1. The van der Waals surface area contributed by atoms with Crippen LogP contribution in [0, 0.1) is 0 Å². The molecule has 0 saturated carbocycles. The molecule has 0 aliphatic heterocycles. The number of carbonyl (C=O) groups is 1. The van der Waals surface area contributed by atoms with Gasteiger partial charge >= 0.3 is 0 Å². The number of hydrogen-bond acceptors (Lipinski definition) is 5. The molecule has 0 unspecified atom stereocenters. The topological polar surface area (TPSA) is 68.0 Å². The monoisotopic (exact) mass is 355 g/mol. The number of carbonyl (C=O) groups excluding carboxylic acids is 1. The molecule has 4 aromatic rings. The molecule has 0 bridgehead atoms. The Morgan fingerprint density at radius 3 is 2.88 bits per heavy atom. The molecule has 1 N–H and O–H groups in total. The molecule has 24 heavy (non-hydrogen) atoms. The molecule has 0 spiro atoms. The zero-order valence-corrected chi connectivity index (χ0v) is 13.8. The van der Waals surface area contributed by atoms with E-state index in [1.54, 1.807) is 18.4 Å². The number of nitrogens with one attached hydrogen (secondary N) is 1. The van der Waals surface area contributed by atoms with Gasteiger partial charge in [-0.1, -0.05) is 29.8 Å². The maximum Gasteiger partial charge on any atom is 0.258 e. The first-order valence-corrected chi connectivity index (χ1v) is 8.32. The zero-order chi connectivity index (χ0) is 16.5. The van der Waals surface area contributed by atoms with E-state index < -0.39 is 0 Å². The Bertz CT molecular complexity index is 1030. The van der Waals surface area contributed by atoms with Gasteiger partial charge in [0.2, 0.25) is 0 Å². The van der Waals surface area contributed by atoms with Crippen LogP contribution in [0.1, 0.15) is 10.4 Å². The molecule has 0 atom stereocenters. The molecule has 5 nitrogen and oxygen atoms in total. The highest BCUT2D eigenvalue weighted by Gasteiger charge is 2.15. The molecule has 1 aromatic carbocycles. The van der Waals surface area contributed by atoms with Crippen LogP contribution in [0.15, 0.2) is 58.5 Å². The number of para-hydroxylation sites is 1. The van der Waals surface area contributed by atoms with Gasteiger partial charge in [0.1, 0.15) is 10.8 Å². The molecule has 1 amide bonds.